The van der Waals surface area contributed by atoms with Crippen LogP contribution in [0.5, 0.6) is 0 Å². The van der Waals surface area contributed by atoms with Gasteiger partial charge in [-0.15, -0.1) is 0 Å². The van der Waals surface area contributed by atoms with Crippen molar-refractivity contribution < 1.29 is 27.9 Å². The van der Waals surface area contributed by atoms with E-state index in [1.165, 1.54) is 21.0 Å². The lowest BCUT2D eigenvalue weighted by Gasteiger charge is -2.15. The average Bonchev–Trinajstić information content (AvgIpc) is 2.22. The van der Waals surface area contributed by atoms with Crippen LogP contribution in [-0.2, 0) is 24.3 Å². The molecule has 0 unspecified atom stereocenters. The van der Waals surface area contributed by atoms with Gasteiger partial charge < -0.3 is 9.84 Å². The smallest absolute Gasteiger partial charge is 0.321 e. The molecule has 0 radical (unpaired) electrons. The van der Waals surface area contributed by atoms with Crippen molar-refractivity contribution in [2.45, 2.75) is 38.0 Å². The second-order valence-electron chi connectivity index (χ2n) is 3.72. The first-order chi connectivity index (χ1) is 7.70. The Morgan fingerprint density at radius 2 is 1.88 bits per heavy atom. The Balaban J connectivity index is 4.57. The van der Waals surface area contributed by atoms with Gasteiger partial charge in [-0.2, -0.15) is 0 Å². The molecule has 0 spiro atoms. The van der Waals surface area contributed by atoms with Gasteiger partial charge in [0.2, 0.25) is 10.0 Å². The summed E-state index contributed by atoms with van der Waals surface area (Å²) in [6.45, 7) is 2.86. The highest BCUT2D eigenvalue weighted by molar-refractivity contribution is 7.90. The summed E-state index contributed by atoms with van der Waals surface area (Å²) in [5.74, 6) is -1.90. The van der Waals surface area contributed by atoms with Gasteiger partial charge in [-0.3, -0.25) is 9.59 Å². The topological polar surface area (TPSA) is 110 Å². The van der Waals surface area contributed by atoms with E-state index >= 15 is 0 Å². The number of carbonyl (C=O) groups excluding carboxylic acids is 1. The Morgan fingerprint density at radius 1 is 1.35 bits per heavy atom. The van der Waals surface area contributed by atoms with E-state index in [0.29, 0.717) is 0 Å². The molecule has 0 aliphatic heterocycles. The van der Waals surface area contributed by atoms with E-state index in [4.69, 9.17) is 5.11 Å². The third-order valence-electron chi connectivity index (χ3n) is 2.09. The number of methoxy groups -OCH3 is 1. The van der Waals surface area contributed by atoms with Gasteiger partial charge in [-0.05, 0) is 20.3 Å². The molecule has 0 amide bonds. The molecule has 0 aromatic carbocycles. The summed E-state index contributed by atoms with van der Waals surface area (Å²) in [4.78, 5) is 21.7. The van der Waals surface area contributed by atoms with E-state index in [1.807, 2.05) is 4.72 Å². The average molecular weight is 267 g/mol. The predicted octanol–water partition coefficient (Wildman–Crippen LogP) is -0.279. The molecule has 0 fully saturated rings. The van der Waals surface area contributed by atoms with E-state index in [-0.39, 0.29) is 12.8 Å². The molecule has 1 atom stereocenters. The van der Waals surface area contributed by atoms with Crippen LogP contribution in [-0.4, -0.2) is 43.9 Å². The molecular formula is C9H17NO6S. The number of sulfonamides is 1. The summed E-state index contributed by atoms with van der Waals surface area (Å²) in [5.41, 5.74) is 0. The van der Waals surface area contributed by atoms with Crippen LogP contribution in [0.1, 0.15) is 26.7 Å². The second kappa shape index (κ2) is 6.55. The zero-order valence-electron chi connectivity index (χ0n) is 9.97. The summed E-state index contributed by atoms with van der Waals surface area (Å²) >= 11 is 0. The van der Waals surface area contributed by atoms with Crippen molar-refractivity contribution >= 4 is 22.0 Å². The highest BCUT2D eigenvalue weighted by atomic mass is 32.2. The molecule has 0 saturated carbocycles. The molecule has 0 aromatic heterocycles. The number of carboxylic acids is 1. The lowest BCUT2D eigenvalue weighted by Crippen LogP contribution is -2.43. The van der Waals surface area contributed by atoms with Crippen molar-refractivity contribution in [1.82, 2.24) is 4.72 Å². The van der Waals surface area contributed by atoms with Crippen molar-refractivity contribution in [3.8, 4) is 0 Å². The van der Waals surface area contributed by atoms with Crippen molar-refractivity contribution in [1.29, 1.82) is 0 Å². The van der Waals surface area contributed by atoms with Gasteiger partial charge in [0.25, 0.3) is 0 Å². The normalized spacial score (nSPS) is 13.4. The standard InChI is InChI=1S/C9H17NO6S/c1-6(2)17(14,15)10-7(9(12)13)4-5-8(11)16-3/h6-7,10H,4-5H2,1-3H3,(H,12,13)/t7-/m0/s1. The van der Waals surface area contributed by atoms with E-state index in [1.54, 1.807) is 0 Å². The molecule has 2 N–H and O–H groups in total. The van der Waals surface area contributed by atoms with Gasteiger partial charge in [-0.1, -0.05) is 0 Å². The molecule has 7 nitrogen and oxygen atoms in total. The molecule has 0 aliphatic rings. The first kappa shape index (κ1) is 15.9. The molecule has 100 valence electrons. The minimum Gasteiger partial charge on any atom is -0.480 e. The number of carbonyl (C=O) groups is 2. The summed E-state index contributed by atoms with van der Waals surface area (Å²) in [5, 5.41) is 8.09. The fourth-order valence-electron chi connectivity index (χ4n) is 0.931. The number of ether oxygens (including phenoxy) is 1. The number of hydrogen-bond donors (Lipinski definition) is 2. The number of esters is 1. The number of hydrogen-bond acceptors (Lipinski definition) is 5. The molecule has 0 heterocycles. The van der Waals surface area contributed by atoms with E-state index < -0.39 is 33.3 Å². The number of rotatable bonds is 7. The number of carboxylic acid groups (broad SMARTS) is 1. The van der Waals surface area contributed by atoms with Gasteiger partial charge in [0, 0.05) is 6.42 Å². The molecule has 17 heavy (non-hydrogen) atoms. The first-order valence-electron chi connectivity index (χ1n) is 5.01. The number of aliphatic carboxylic acids is 1. The predicted molar refractivity (Wildman–Crippen MR) is 59.9 cm³/mol. The quantitative estimate of drug-likeness (QED) is 0.614. The van der Waals surface area contributed by atoms with Crippen LogP contribution < -0.4 is 4.72 Å². The lowest BCUT2D eigenvalue weighted by molar-refractivity contribution is -0.142. The Bertz CT molecular complexity index is 375. The lowest BCUT2D eigenvalue weighted by atomic mass is 10.2. The van der Waals surface area contributed by atoms with Crippen LogP contribution in [0.15, 0.2) is 0 Å². The Kier molecular flexibility index (Phi) is 6.11. The van der Waals surface area contributed by atoms with E-state index in [9.17, 15) is 18.0 Å². The summed E-state index contributed by atoms with van der Waals surface area (Å²) in [6, 6.07) is -1.32. The number of nitrogens with one attached hydrogen (secondary N) is 1. The zero-order valence-corrected chi connectivity index (χ0v) is 10.8. The summed E-state index contributed by atoms with van der Waals surface area (Å²) in [7, 11) is -2.50. The zero-order chi connectivity index (χ0) is 13.6. The third kappa shape index (κ3) is 5.64. The Morgan fingerprint density at radius 3 is 2.24 bits per heavy atom. The van der Waals surface area contributed by atoms with Gasteiger partial charge >= 0.3 is 11.9 Å². The molecule has 0 bridgehead atoms. The third-order valence-corrected chi connectivity index (χ3v) is 3.94. The molecule has 0 saturated heterocycles. The molecular weight excluding hydrogens is 250 g/mol. The van der Waals surface area contributed by atoms with E-state index in [2.05, 4.69) is 4.74 Å². The Labute approximate surface area is 100 Å². The molecule has 0 rings (SSSR count). The van der Waals surface area contributed by atoms with Gasteiger partial charge in [-0.25, -0.2) is 13.1 Å². The van der Waals surface area contributed by atoms with Crippen LogP contribution in [0.3, 0.4) is 0 Å². The maximum absolute atomic E-state index is 11.5. The first-order valence-corrected chi connectivity index (χ1v) is 6.56. The molecule has 8 heteroatoms. The van der Waals surface area contributed by atoms with Crippen LogP contribution in [0.4, 0.5) is 0 Å². The fraction of sp³-hybridized carbons (Fsp3) is 0.778. The maximum atomic E-state index is 11.5. The van der Waals surface area contributed by atoms with Crippen LogP contribution >= 0.6 is 0 Å². The van der Waals surface area contributed by atoms with Crippen LogP contribution in [0.2, 0.25) is 0 Å². The van der Waals surface area contributed by atoms with Crippen molar-refractivity contribution in [2.24, 2.45) is 0 Å². The molecule has 0 aliphatic carbocycles. The summed E-state index contributed by atoms with van der Waals surface area (Å²) < 4.78 is 29.3. The van der Waals surface area contributed by atoms with Crippen molar-refractivity contribution in [3.05, 3.63) is 0 Å². The highest BCUT2D eigenvalue weighted by Crippen LogP contribution is 2.04. The Hall–Kier alpha value is -1.15. The van der Waals surface area contributed by atoms with Gasteiger partial charge in [0.05, 0.1) is 12.4 Å². The van der Waals surface area contributed by atoms with Crippen molar-refractivity contribution in [3.63, 3.8) is 0 Å². The van der Waals surface area contributed by atoms with Gasteiger partial charge in [0.15, 0.2) is 0 Å². The van der Waals surface area contributed by atoms with Crippen LogP contribution in [0.25, 0.3) is 0 Å². The highest BCUT2D eigenvalue weighted by Gasteiger charge is 2.26. The van der Waals surface area contributed by atoms with Gasteiger partial charge in [0.1, 0.15) is 6.04 Å². The van der Waals surface area contributed by atoms with Crippen LogP contribution in [0, 0.1) is 0 Å². The minimum absolute atomic E-state index is 0.145. The molecule has 0 aromatic rings. The van der Waals surface area contributed by atoms with Crippen molar-refractivity contribution in [2.75, 3.05) is 7.11 Å². The fourth-order valence-corrected chi connectivity index (χ4v) is 1.82. The van der Waals surface area contributed by atoms with E-state index in [0.717, 1.165) is 0 Å². The second-order valence-corrected chi connectivity index (χ2v) is 5.99. The maximum Gasteiger partial charge on any atom is 0.321 e. The summed E-state index contributed by atoms with van der Waals surface area (Å²) in [6.07, 6.45) is -0.304. The largest absolute Gasteiger partial charge is 0.480 e. The minimum atomic E-state index is -3.68. The SMILES string of the molecule is COC(=O)CC[C@H](NS(=O)(=O)C(C)C)C(=O)O. The monoisotopic (exact) mass is 267 g/mol.